The van der Waals surface area contributed by atoms with Crippen molar-refractivity contribution in [2.24, 2.45) is 5.92 Å². The molecule has 138 valence electrons. The van der Waals surface area contributed by atoms with Crippen molar-refractivity contribution in [2.75, 3.05) is 11.9 Å². The highest BCUT2D eigenvalue weighted by atomic mass is 32.1. The first-order valence-electron chi connectivity index (χ1n) is 8.71. The molecule has 1 aliphatic rings. The van der Waals surface area contributed by atoms with E-state index in [-0.39, 0.29) is 24.1 Å². The predicted molar refractivity (Wildman–Crippen MR) is 99.4 cm³/mol. The number of fused-ring (bicyclic) bond motifs is 1. The van der Waals surface area contributed by atoms with Gasteiger partial charge in [-0.15, -0.1) is 0 Å². The summed E-state index contributed by atoms with van der Waals surface area (Å²) < 4.78 is 12.9. The number of aromatic nitrogens is 1. The van der Waals surface area contributed by atoms with E-state index in [0.717, 1.165) is 16.1 Å². The molecule has 1 aliphatic heterocycles. The van der Waals surface area contributed by atoms with Gasteiger partial charge in [-0.3, -0.25) is 9.59 Å². The first-order valence-corrected chi connectivity index (χ1v) is 9.53. The Morgan fingerprint density at radius 1 is 1.31 bits per heavy atom. The summed E-state index contributed by atoms with van der Waals surface area (Å²) in [6.07, 6.45) is 1.43. The number of thiazole rings is 1. The van der Waals surface area contributed by atoms with Gasteiger partial charge in [0.05, 0.1) is 18.7 Å². The molecule has 1 aromatic heterocycles. The van der Waals surface area contributed by atoms with Crippen LogP contribution in [-0.2, 0) is 29.0 Å². The van der Waals surface area contributed by atoms with Crippen LogP contribution >= 0.6 is 11.3 Å². The zero-order valence-electron chi connectivity index (χ0n) is 14.9. The lowest BCUT2D eigenvalue weighted by molar-refractivity contribution is -0.132. The van der Waals surface area contributed by atoms with Crippen LogP contribution in [0.5, 0.6) is 0 Å². The van der Waals surface area contributed by atoms with E-state index in [4.69, 9.17) is 0 Å². The predicted octanol–water partition coefficient (Wildman–Crippen LogP) is 3.39. The van der Waals surface area contributed by atoms with E-state index in [1.807, 2.05) is 18.7 Å². The third kappa shape index (κ3) is 4.66. The summed E-state index contributed by atoms with van der Waals surface area (Å²) in [6.45, 7) is 5.31. The topological polar surface area (TPSA) is 62.3 Å². The average molecular weight is 375 g/mol. The summed E-state index contributed by atoms with van der Waals surface area (Å²) >= 11 is 1.42. The molecule has 2 aromatic rings. The third-order valence-electron chi connectivity index (χ3n) is 4.19. The van der Waals surface area contributed by atoms with Crippen molar-refractivity contribution in [3.05, 3.63) is 46.2 Å². The summed E-state index contributed by atoms with van der Waals surface area (Å²) in [7, 11) is 0. The molecule has 0 fully saturated rings. The van der Waals surface area contributed by atoms with Crippen LogP contribution in [0.3, 0.4) is 0 Å². The second-order valence-electron chi connectivity index (χ2n) is 6.90. The monoisotopic (exact) mass is 375 g/mol. The van der Waals surface area contributed by atoms with Crippen LogP contribution < -0.4 is 5.32 Å². The van der Waals surface area contributed by atoms with E-state index in [2.05, 4.69) is 10.3 Å². The quantitative estimate of drug-likeness (QED) is 0.871. The van der Waals surface area contributed by atoms with Gasteiger partial charge in [0, 0.05) is 24.3 Å². The molecule has 26 heavy (non-hydrogen) atoms. The molecule has 5 nitrogen and oxygen atoms in total. The molecule has 2 heterocycles. The van der Waals surface area contributed by atoms with Gasteiger partial charge in [0.1, 0.15) is 5.82 Å². The first-order chi connectivity index (χ1) is 12.4. The number of hydrogen-bond acceptors (Lipinski definition) is 4. The molecule has 0 radical (unpaired) electrons. The molecular formula is C19H22FN3O2S. The lowest BCUT2D eigenvalue weighted by Crippen LogP contribution is -2.36. The normalized spacial score (nSPS) is 13.6. The molecule has 0 aliphatic carbocycles. The fourth-order valence-electron chi connectivity index (χ4n) is 2.89. The highest BCUT2D eigenvalue weighted by Gasteiger charge is 2.24. The summed E-state index contributed by atoms with van der Waals surface area (Å²) in [5.41, 5.74) is 1.70. The number of carbonyl (C=O) groups is 2. The molecule has 0 spiro atoms. The van der Waals surface area contributed by atoms with Gasteiger partial charge in [-0.25, -0.2) is 9.37 Å². The first kappa shape index (κ1) is 18.5. The number of nitrogens with zero attached hydrogens (tertiary/aromatic N) is 2. The van der Waals surface area contributed by atoms with E-state index in [1.165, 1.54) is 23.5 Å². The minimum absolute atomic E-state index is 0.168. The smallest absolute Gasteiger partial charge is 0.230 e. The van der Waals surface area contributed by atoms with Crippen LogP contribution in [0.25, 0.3) is 0 Å². The second-order valence-corrected chi connectivity index (χ2v) is 7.99. The zero-order valence-corrected chi connectivity index (χ0v) is 15.7. The Balaban J connectivity index is 1.60. The van der Waals surface area contributed by atoms with Gasteiger partial charge < -0.3 is 10.2 Å². The summed E-state index contributed by atoms with van der Waals surface area (Å²) in [5, 5.41) is 3.37. The molecule has 1 N–H and O–H groups in total. The Morgan fingerprint density at radius 2 is 2.04 bits per heavy atom. The molecule has 3 rings (SSSR count). The van der Waals surface area contributed by atoms with Gasteiger partial charge >= 0.3 is 0 Å². The van der Waals surface area contributed by atoms with E-state index < -0.39 is 0 Å². The number of rotatable bonds is 5. The standard InChI is InChI=1S/C19H22FN3O2S/c1-12(2)9-18(25)23-8-7-15-16(11-23)26-19(21-15)22-17(24)10-13-3-5-14(20)6-4-13/h3-6,12H,7-11H2,1-2H3,(H,21,22,24). The Labute approximate surface area is 156 Å². The second kappa shape index (κ2) is 7.95. The Hall–Kier alpha value is -2.28. The molecule has 0 bridgehead atoms. The van der Waals surface area contributed by atoms with Crippen molar-refractivity contribution in [2.45, 2.75) is 39.7 Å². The fourth-order valence-corrected chi connectivity index (χ4v) is 3.93. The number of carbonyl (C=O) groups excluding carboxylic acids is 2. The molecule has 0 saturated carbocycles. The lowest BCUT2D eigenvalue weighted by Gasteiger charge is -2.26. The Kier molecular flexibility index (Phi) is 5.66. The fraction of sp³-hybridized carbons (Fsp3) is 0.421. The van der Waals surface area contributed by atoms with Crippen LogP contribution in [0, 0.1) is 11.7 Å². The van der Waals surface area contributed by atoms with Gasteiger partial charge in [-0.1, -0.05) is 37.3 Å². The number of halogens is 1. The van der Waals surface area contributed by atoms with Crippen molar-refractivity contribution >= 4 is 28.3 Å². The van der Waals surface area contributed by atoms with Crippen LogP contribution in [0.1, 0.15) is 36.4 Å². The third-order valence-corrected chi connectivity index (χ3v) is 5.19. The number of anilines is 1. The average Bonchev–Trinajstić information content (AvgIpc) is 2.97. The molecule has 1 aromatic carbocycles. The van der Waals surface area contributed by atoms with E-state index in [1.54, 1.807) is 12.1 Å². The number of nitrogens with one attached hydrogen (secondary N) is 1. The highest BCUT2D eigenvalue weighted by molar-refractivity contribution is 7.15. The van der Waals surface area contributed by atoms with Gasteiger partial charge in [0.25, 0.3) is 0 Å². The van der Waals surface area contributed by atoms with Crippen molar-refractivity contribution in [3.8, 4) is 0 Å². The molecule has 0 unspecified atom stereocenters. The van der Waals surface area contributed by atoms with Gasteiger partial charge in [-0.05, 0) is 23.6 Å². The largest absolute Gasteiger partial charge is 0.337 e. The van der Waals surface area contributed by atoms with Crippen molar-refractivity contribution in [3.63, 3.8) is 0 Å². The maximum absolute atomic E-state index is 12.9. The number of benzene rings is 1. The SMILES string of the molecule is CC(C)CC(=O)N1CCc2nc(NC(=O)Cc3ccc(F)cc3)sc2C1. The summed E-state index contributed by atoms with van der Waals surface area (Å²) in [4.78, 5) is 31.8. The summed E-state index contributed by atoms with van der Waals surface area (Å²) in [5.74, 6) is 0.00128. The maximum atomic E-state index is 12.9. The van der Waals surface area contributed by atoms with Crippen LogP contribution in [0.2, 0.25) is 0 Å². The molecule has 7 heteroatoms. The maximum Gasteiger partial charge on any atom is 0.230 e. The number of hydrogen-bond donors (Lipinski definition) is 1. The van der Waals surface area contributed by atoms with E-state index in [9.17, 15) is 14.0 Å². The van der Waals surface area contributed by atoms with Gasteiger partial charge in [0.15, 0.2) is 5.13 Å². The zero-order chi connectivity index (χ0) is 18.7. The highest BCUT2D eigenvalue weighted by Crippen LogP contribution is 2.29. The summed E-state index contributed by atoms with van der Waals surface area (Å²) in [6, 6.07) is 5.88. The van der Waals surface area contributed by atoms with Crippen LogP contribution in [0.15, 0.2) is 24.3 Å². The minimum atomic E-state index is -0.321. The molecule has 2 amide bonds. The lowest BCUT2D eigenvalue weighted by atomic mass is 10.1. The molecule has 0 saturated heterocycles. The molecular weight excluding hydrogens is 353 g/mol. The minimum Gasteiger partial charge on any atom is -0.337 e. The van der Waals surface area contributed by atoms with E-state index >= 15 is 0 Å². The van der Waals surface area contributed by atoms with Crippen molar-refractivity contribution < 1.29 is 14.0 Å². The van der Waals surface area contributed by atoms with E-state index in [0.29, 0.717) is 37.0 Å². The number of amides is 2. The van der Waals surface area contributed by atoms with Gasteiger partial charge in [0.2, 0.25) is 11.8 Å². The van der Waals surface area contributed by atoms with Gasteiger partial charge in [-0.2, -0.15) is 0 Å². The Bertz CT molecular complexity index is 802. The van der Waals surface area contributed by atoms with Crippen molar-refractivity contribution in [1.29, 1.82) is 0 Å². The van der Waals surface area contributed by atoms with Crippen molar-refractivity contribution in [1.82, 2.24) is 9.88 Å². The Morgan fingerprint density at radius 3 is 2.73 bits per heavy atom. The van der Waals surface area contributed by atoms with Crippen LogP contribution in [-0.4, -0.2) is 28.2 Å². The van der Waals surface area contributed by atoms with Crippen LogP contribution in [0.4, 0.5) is 9.52 Å². The molecule has 0 atom stereocenters.